The average molecular weight is 294 g/mol. The summed E-state index contributed by atoms with van der Waals surface area (Å²) < 4.78 is 13.6. The molecule has 20 heavy (non-hydrogen) atoms. The normalized spacial score (nSPS) is 12.2. The number of aliphatic hydroxyl groups excluding tert-OH is 1. The van der Waals surface area contributed by atoms with Gasteiger partial charge in [0, 0.05) is 12.2 Å². The second-order valence-corrected chi connectivity index (χ2v) is 5.04. The van der Waals surface area contributed by atoms with E-state index in [2.05, 4.69) is 5.32 Å². The molecule has 0 aliphatic heterocycles. The molecule has 0 saturated carbocycles. The van der Waals surface area contributed by atoms with Crippen LogP contribution in [0.1, 0.15) is 5.56 Å². The molecule has 1 atom stereocenters. The van der Waals surface area contributed by atoms with Crippen molar-refractivity contribution >= 4 is 17.3 Å². The quantitative estimate of drug-likeness (QED) is 0.822. The maximum atomic E-state index is 13.6. The first kappa shape index (κ1) is 14.8. The molecule has 2 nitrogen and oxygen atoms in total. The van der Waals surface area contributed by atoms with E-state index in [1.165, 1.54) is 6.07 Å². The van der Waals surface area contributed by atoms with Gasteiger partial charge in [-0.05, 0) is 41.8 Å². The Morgan fingerprint density at radius 1 is 1.20 bits per heavy atom. The van der Waals surface area contributed by atoms with Gasteiger partial charge in [-0.2, -0.15) is 0 Å². The van der Waals surface area contributed by atoms with E-state index in [0.717, 1.165) is 16.8 Å². The molecule has 0 bridgehead atoms. The fraction of sp³-hybridized carbons (Fsp3) is 0.250. The van der Waals surface area contributed by atoms with Crippen LogP contribution in [0.4, 0.5) is 10.1 Å². The Kier molecular flexibility index (Phi) is 4.99. The maximum Gasteiger partial charge on any atom is 0.126 e. The lowest BCUT2D eigenvalue weighted by Gasteiger charge is -2.11. The molecular weight excluding hydrogens is 277 g/mol. The van der Waals surface area contributed by atoms with Gasteiger partial charge in [-0.15, -0.1) is 11.6 Å². The molecule has 0 radical (unpaired) electrons. The van der Waals surface area contributed by atoms with Gasteiger partial charge in [0.1, 0.15) is 5.82 Å². The van der Waals surface area contributed by atoms with Crippen LogP contribution in [0.3, 0.4) is 0 Å². The summed E-state index contributed by atoms with van der Waals surface area (Å²) in [6, 6.07) is 12.8. The van der Waals surface area contributed by atoms with E-state index in [1.807, 2.05) is 30.3 Å². The second kappa shape index (κ2) is 6.73. The summed E-state index contributed by atoms with van der Waals surface area (Å²) in [7, 11) is 0. The van der Waals surface area contributed by atoms with Gasteiger partial charge < -0.3 is 10.4 Å². The standard InChI is InChI=1S/C16H17ClFNO/c1-11-5-6-13(8-16(11)18)12-3-2-4-14(7-12)19-10-15(20)9-17/h2-8,15,19-20H,9-10H2,1H3. The van der Waals surface area contributed by atoms with Crippen LogP contribution in [0.25, 0.3) is 11.1 Å². The monoisotopic (exact) mass is 293 g/mol. The first-order valence-electron chi connectivity index (χ1n) is 6.44. The van der Waals surface area contributed by atoms with Gasteiger partial charge in [-0.1, -0.05) is 24.3 Å². The molecule has 2 aromatic carbocycles. The molecule has 2 aromatic rings. The molecule has 1 unspecified atom stereocenters. The van der Waals surface area contributed by atoms with E-state index < -0.39 is 6.10 Å². The molecule has 0 amide bonds. The number of rotatable bonds is 5. The van der Waals surface area contributed by atoms with E-state index in [0.29, 0.717) is 12.1 Å². The number of anilines is 1. The summed E-state index contributed by atoms with van der Waals surface area (Å²) in [4.78, 5) is 0. The fourth-order valence-electron chi connectivity index (χ4n) is 1.87. The summed E-state index contributed by atoms with van der Waals surface area (Å²) in [5, 5.41) is 12.5. The minimum Gasteiger partial charge on any atom is -0.390 e. The SMILES string of the molecule is Cc1ccc(-c2cccc(NCC(O)CCl)c2)cc1F. The van der Waals surface area contributed by atoms with E-state index in [4.69, 9.17) is 11.6 Å². The van der Waals surface area contributed by atoms with Gasteiger partial charge in [0.2, 0.25) is 0 Å². The number of alkyl halides is 1. The lowest BCUT2D eigenvalue weighted by Crippen LogP contribution is -2.20. The summed E-state index contributed by atoms with van der Waals surface area (Å²) >= 11 is 5.55. The number of halogens is 2. The molecule has 2 N–H and O–H groups in total. The third-order valence-corrected chi connectivity index (χ3v) is 3.44. The minimum atomic E-state index is -0.586. The summed E-state index contributed by atoms with van der Waals surface area (Å²) in [5.41, 5.74) is 3.25. The van der Waals surface area contributed by atoms with E-state index in [9.17, 15) is 9.50 Å². The molecule has 0 aliphatic rings. The highest BCUT2D eigenvalue weighted by Crippen LogP contribution is 2.24. The van der Waals surface area contributed by atoms with Crippen molar-refractivity contribution in [2.24, 2.45) is 0 Å². The summed E-state index contributed by atoms with van der Waals surface area (Å²) in [6.45, 7) is 2.12. The Hall–Kier alpha value is -1.58. The van der Waals surface area contributed by atoms with Crippen molar-refractivity contribution in [2.45, 2.75) is 13.0 Å². The van der Waals surface area contributed by atoms with Crippen molar-refractivity contribution in [1.82, 2.24) is 0 Å². The molecule has 106 valence electrons. The number of nitrogens with one attached hydrogen (secondary N) is 1. The van der Waals surface area contributed by atoms with Crippen LogP contribution in [-0.2, 0) is 0 Å². The zero-order chi connectivity index (χ0) is 14.5. The highest BCUT2D eigenvalue weighted by Gasteiger charge is 2.05. The Morgan fingerprint density at radius 2 is 1.95 bits per heavy atom. The zero-order valence-electron chi connectivity index (χ0n) is 11.2. The van der Waals surface area contributed by atoms with Gasteiger partial charge in [0.05, 0.1) is 12.0 Å². The molecule has 2 rings (SSSR count). The molecule has 0 aliphatic carbocycles. The van der Waals surface area contributed by atoms with Crippen LogP contribution >= 0.6 is 11.6 Å². The zero-order valence-corrected chi connectivity index (χ0v) is 12.0. The van der Waals surface area contributed by atoms with Crippen LogP contribution in [0, 0.1) is 12.7 Å². The number of benzene rings is 2. The van der Waals surface area contributed by atoms with Crippen LogP contribution < -0.4 is 5.32 Å². The Balaban J connectivity index is 2.18. The molecule has 4 heteroatoms. The van der Waals surface area contributed by atoms with E-state index in [-0.39, 0.29) is 11.7 Å². The molecular formula is C16H17ClFNO. The van der Waals surface area contributed by atoms with Crippen LogP contribution in [0.2, 0.25) is 0 Å². The van der Waals surface area contributed by atoms with Crippen molar-refractivity contribution in [1.29, 1.82) is 0 Å². The Labute approximate surface area is 123 Å². The molecule has 0 fully saturated rings. The lowest BCUT2D eigenvalue weighted by atomic mass is 10.0. The third kappa shape index (κ3) is 3.71. The Morgan fingerprint density at radius 3 is 2.65 bits per heavy atom. The van der Waals surface area contributed by atoms with Gasteiger partial charge in [-0.25, -0.2) is 4.39 Å². The largest absolute Gasteiger partial charge is 0.390 e. The molecule has 0 spiro atoms. The summed E-state index contributed by atoms with van der Waals surface area (Å²) in [6.07, 6.45) is -0.586. The maximum absolute atomic E-state index is 13.6. The lowest BCUT2D eigenvalue weighted by molar-refractivity contribution is 0.211. The van der Waals surface area contributed by atoms with Crippen LogP contribution in [0.5, 0.6) is 0 Å². The summed E-state index contributed by atoms with van der Waals surface area (Å²) in [5.74, 6) is -0.0195. The highest BCUT2D eigenvalue weighted by molar-refractivity contribution is 6.18. The van der Waals surface area contributed by atoms with Crippen LogP contribution in [0.15, 0.2) is 42.5 Å². The molecule has 0 heterocycles. The van der Waals surface area contributed by atoms with E-state index in [1.54, 1.807) is 13.0 Å². The number of hydrogen-bond acceptors (Lipinski definition) is 2. The number of hydrogen-bond donors (Lipinski definition) is 2. The third-order valence-electron chi connectivity index (χ3n) is 3.09. The topological polar surface area (TPSA) is 32.3 Å². The molecule has 0 saturated heterocycles. The molecule has 0 aromatic heterocycles. The van der Waals surface area contributed by atoms with Gasteiger partial charge in [-0.3, -0.25) is 0 Å². The average Bonchev–Trinajstić information content (AvgIpc) is 2.48. The van der Waals surface area contributed by atoms with Crippen molar-refractivity contribution in [3.05, 3.63) is 53.8 Å². The number of aliphatic hydroxyl groups is 1. The number of aryl methyl sites for hydroxylation is 1. The van der Waals surface area contributed by atoms with Gasteiger partial charge in [0.15, 0.2) is 0 Å². The van der Waals surface area contributed by atoms with Gasteiger partial charge in [0.25, 0.3) is 0 Å². The predicted octanol–water partition coefficient (Wildman–Crippen LogP) is 3.81. The van der Waals surface area contributed by atoms with Crippen LogP contribution in [-0.4, -0.2) is 23.6 Å². The fourth-order valence-corrected chi connectivity index (χ4v) is 1.98. The Bertz CT molecular complexity index is 588. The second-order valence-electron chi connectivity index (χ2n) is 4.73. The minimum absolute atomic E-state index is 0.190. The first-order valence-corrected chi connectivity index (χ1v) is 6.98. The predicted molar refractivity (Wildman–Crippen MR) is 81.8 cm³/mol. The first-order chi connectivity index (χ1) is 9.60. The van der Waals surface area contributed by atoms with Crippen molar-refractivity contribution in [2.75, 3.05) is 17.7 Å². The van der Waals surface area contributed by atoms with Crippen molar-refractivity contribution in [3.63, 3.8) is 0 Å². The van der Waals surface area contributed by atoms with Crippen molar-refractivity contribution in [3.8, 4) is 11.1 Å². The van der Waals surface area contributed by atoms with Gasteiger partial charge >= 0.3 is 0 Å². The smallest absolute Gasteiger partial charge is 0.126 e. The van der Waals surface area contributed by atoms with Crippen molar-refractivity contribution < 1.29 is 9.50 Å². The van der Waals surface area contributed by atoms with E-state index >= 15 is 0 Å². The highest BCUT2D eigenvalue weighted by atomic mass is 35.5.